The average Bonchev–Trinajstić information content (AvgIpc) is 2.45. The Bertz CT molecular complexity index is 645. The molecule has 1 aromatic carbocycles. The van der Waals surface area contributed by atoms with Gasteiger partial charge in [0.25, 0.3) is 0 Å². The van der Waals surface area contributed by atoms with Gasteiger partial charge in [-0.15, -0.1) is 0 Å². The molecule has 0 aliphatic rings. The summed E-state index contributed by atoms with van der Waals surface area (Å²) in [7, 11) is -2.51. The molecule has 1 rings (SSSR count). The van der Waals surface area contributed by atoms with Gasteiger partial charge in [-0.05, 0) is 31.2 Å². The van der Waals surface area contributed by atoms with Gasteiger partial charge in [0.2, 0.25) is 15.9 Å². The molecule has 0 radical (unpaired) electrons. The van der Waals surface area contributed by atoms with Crippen LogP contribution in [0.1, 0.15) is 13.3 Å². The Morgan fingerprint density at radius 1 is 1.32 bits per heavy atom. The minimum Gasteiger partial charge on any atom is -0.480 e. The highest BCUT2D eigenvalue weighted by molar-refractivity contribution is 7.89. The highest BCUT2D eigenvalue weighted by Crippen LogP contribution is 2.09. The van der Waals surface area contributed by atoms with E-state index in [1.54, 1.807) is 0 Å². The third-order valence-electron chi connectivity index (χ3n) is 3.09. The predicted octanol–water partition coefficient (Wildman–Crippen LogP) is 0.426. The number of sulfonamides is 1. The molecule has 0 fully saturated rings. The van der Waals surface area contributed by atoms with Gasteiger partial charge >= 0.3 is 5.97 Å². The largest absolute Gasteiger partial charge is 0.480 e. The molecule has 22 heavy (non-hydrogen) atoms. The zero-order chi connectivity index (χ0) is 16.9. The van der Waals surface area contributed by atoms with Crippen LogP contribution in [0.15, 0.2) is 29.2 Å². The van der Waals surface area contributed by atoms with Crippen LogP contribution in [-0.4, -0.2) is 49.9 Å². The molecule has 0 saturated carbocycles. The molecule has 1 amide bonds. The minimum atomic E-state index is -3.84. The van der Waals surface area contributed by atoms with E-state index in [4.69, 9.17) is 5.11 Å². The summed E-state index contributed by atoms with van der Waals surface area (Å²) >= 11 is 0. The molecule has 7 nitrogen and oxygen atoms in total. The Hall–Kier alpha value is -2.00. The summed E-state index contributed by atoms with van der Waals surface area (Å²) in [5, 5.41) is 8.79. The first-order valence-corrected chi connectivity index (χ1v) is 7.87. The van der Waals surface area contributed by atoms with Crippen LogP contribution in [0.5, 0.6) is 0 Å². The fourth-order valence-electron chi connectivity index (χ4n) is 1.55. The summed E-state index contributed by atoms with van der Waals surface area (Å²) < 4.78 is 38.7. The normalized spacial score (nSPS) is 12.7. The molecule has 1 aromatic rings. The van der Waals surface area contributed by atoms with E-state index in [9.17, 15) is 22.4 Å². The van der Waals surface area contributed by atoms with Crippen LogP contribution < -0.4 is 4.72 Å². The quantitative estimate of drug-likeness (QED) is 0.753. The van der Waals surface area contributed by atoms with Crippen LogP contribution in [0.25, 0.3) is 0 Å². The predicted molar refractivity (Wildman–Crippen MR) is 76.1 cm³/mol. The van der Waals surface area contributed by atoms with Gasteiger partial charge in [-0.25, -0.2) is 22.3 Å². The molecule has 0 aromatic heterocycles. The van der Waals surface area contributed by atoms with E-state index in [0.29, 0.717) is 0 Å². The summed E-state index contributed by atoms with van der Waals surface area (Å²) in [6.45, 7) is 1.16. The second kappa shape index (κ2) is 7.32. The SMILES string of the molecule is CC(C(=O)O)N(C)C(=O)CCNS(=O)(=O)c1ccc(F)cc1. The monoisotopic (exact) mass is 332 g/mol. The number of carboxylic acid groups (broad SMARTS) is 1. The second-order valence-corrected chi connectivity index (χ2v) is 6.39. The van der Waals surface area contributed by atoms with Crippen LogP contribution in [0, 0.1) is 5.82 Å². The average molecular weight is 332 g/mol. The van der Waals surface area contributed by atoms with E-state index < -0.39 is 33.8 Å². The maximum Gasteiger partial charge on any atom is 0.326 e. The highest BCUT2D eigenvalue weighted by Gasteiger charge is 2.22. The first kappa shape index (κ1) is 18.1. The van der Waals surface area contributed by atoms with Crippen molar-refractivity contribution in [2.75, 3.05) is 13.6 Å². The lowest BCUT2D eigenvalue weighted by Gasteiger charge is -2.21. The number of hydrogen-bond donors (Lipinski definition) is 2. The minimum absolute atomic E-state index is 0.117. The molecule has 0 saturated heterocycles. The van der Waals surface area contributed by atoms with Crippen molar-refractivity contribution in [1.29, 1.82) is 0 Å². The van der Waals surface area contributed by atoms with Crippen LogP contribution in [-0.2, 0) is 19.6 Å². The van der Waals surface area contributed by atoms with Crippen LogP contribution >= 0.6 is 0 Å². The Morgan fingerprint density at radius 2 is 1.86 bits per heavy atom. The number of hydrogen-bond acceptors (Lipinski definition) is 4. The van der Waals surface area contributed by atoms with Crippen molar-refractivity contribution in [2.24, 2.45) is 0 Å². The van der Waals surface area contributed by atoms with Gasteiger partial charge in [-0.2, -0.15) is 0 Å². The topological polar surface area (TPSA) is 104 Å². The number of carboxylic acids is 1. The van der Waals surface area contributed by atoms with Gasteiger partial charge in [0, 0.05) is 20.0 Å². The van der Waals surface area contributed by atoms with Gasteiger partial charge in [0.1, 0.15) is 11.9 Å². The number of likely N-dealkylation sites (N-methyl/N-ethyl adjacent to an activating group) is 1. The Kier molecular flexibility index (Phi) is 6.01. The molecule has 122 valence electrons. The highest BCUT2D eigenvalue weighted by atomic mass is 32.2. The van der Waals surface area contributed by atoms with Gasteiger partial charge in [0.05, 0.1) is 4.90 Å². The Labute approximate surface area is 127 Å². The number of rotatable bonds is 7. The lowest BCUT2D eigenvalue weighted by Crippen LogP contribution is -2.41. The lowest BCUT2D eigenvalue weighted by molar-refractivity contribution is -0.148. The molecular weight excluding hydrogens is 315 g/mol. The second-order valence-electron chi connectivity index (χ2n) is 4.62. The number of carbonyl (C=O) groups is 2. The van der Waals surface area contributed by atoms with E-state index >= 15 is 0 Å². The molecule has 0 aliphatic carbocycles. The first-order valence-electron chi connectivity index (χ1n) is 6.39. The van der Waals surface area contributed by atoms with Crippen LogP contribution in [0.3, 0.4) is 0 Å². The van der Waals surface area contributed by atoms with Crippen molar-refractivity contribution in [3.8, 4) is 0 Å². The molecule has 1 atom stereocenters. The van der Waals surface area contributed by atoms with E-state index in [-0.39, 0.29) is 17.9 Å². The molecule has 0 aliphatic heterocycles. The van der Waals surface area contributed by atoms with E-state index in [2.05, 4.69) is 4.72 Å². The number of nitrogens with zero attached hydrogens (tertiary/aromatic N) is 1. The Morgan fingerprint density at radius 3 is 2.36 bits per heavy atom. The first-order chi connectivity index (χ1) is 10.1. The fraction of sp³-hybridized carbons (Fsp3) is 0.385. The lowest BCUT2D eigenvalue weighted by atomic mass is 10.2. The van der Waals surface area contributed by atoms with Crippen molar-refractivity contribution in [2.45, 2.75) is 24.3 Å². The number of aliphatic carboxylic acids is 1. The Balaban J connectivity index is 2.58. The summed E-state index contributed by atoms with van der Waals surface area (Å²) in [5.41, 5.74) is 0. The standard InChI is InChI=1S/C13H17FN2O5S/c1-9(13(18)19)16(2)12(17)7-8-15-22(20,21)11-5-3-10(14)4-6-11/h3-6,9,15H,7-8H2,1-2H3,(H,18,19). The number of halogens is 1. The van der Waals surface area contributed by atoms with Crippen molar-refractivity contribution >= 4 is 21.9 Å². The van der Waals surface area contributed by atoms with Crippen molar-refractivity contribution < 1.29 is 27.5 Å². The summed E-state index contributed by atoms with van der Waals surface area (Å²) in [6, 6.07) is 3.25. The fourth-order valence-corrected chi connectivity index (χ4v) is 2.58. The van der Waals surface area contributed by atoms with Gasteiger partial charge in [0.15, 0.2) is 0 Å². The van der Waals surface area contributed by atoms with Crippen LogP contribution in [0.4, 0.5) is 4.39 Å². The maximum atomic E-state index is 12.7. The van der Waals surface area contributed by atoms with Crippen LogP contribution in [0.2, 0.25) is 0 Å². The molecule has 1 unspecified atom stereocenters. The number of amides is 1. The van der Waals surface area contributed by atoms with Gasteiger partial charge in [-0.1, -0.05) is 0 Å². The summed E-state index contributed by atoms with van der Waals surface area (Å²) in [4.78, 5) is 23.4. The molecular formula is C13H17FN2O5S. The molecule has 0 bridgehead atoms. The van der Waals surface area contributed by atoms with E-state index in [1.807, 2.05) is 0 Å². The van der Waals surface area contributed by atoms with Crippen molar-refractivity contribution in [1.82, 2.24) is 9.62 Å². The van der Waals surface area contributed by atoms with Crippen molar-refractivity contribution in [3.63, 3.8) is 0 Å². The van der Waals surface area contributed by atoms with Gasteiger partial charge < -0.3 is 10.0 Å². The maximum absolute atomic E-state index is 12.7. The molecule has 2 N–H and O–H groups in total. The summed E-state index contributed by atoms with van der Waals surface area (Å²) in [5.74, 6) is -2.21. The third kappa shape index (κ3) is 4.78. The molecule has 0 heterocycles. The number of nitrogens with one attached hydrogen (secondary N) is 1. The zero-order valence-electron chi connectivity index (χ0n) is 12.1. The van der Waals surface area contributed by atoms with E-state index in [1.165, 1.54) is 14.0 Å². The number of benzene rings is 1. The molecule has 0 spiro atoms. The van der Waals surface area contributed by atoms with E-state index in [0.717, 1.165) is 29.2 Å². The number of carbonyl (C=O) groups excluding carboxylic acids is 1. The summed E-state index contributed by atoms with van der Waals surface area (Å²) in [6.07, 6.45) is -0.186. The molecule has 9 heteroatoms. The van der Waals surface area contributed by atoms with Crippen molar-refractivity contribution in [3.05, 3.63) is 30.1 Å². The zero-order valence-corrected chi connectivity index (χ0v) is 12.9. The smallest absolute Gasteiger partial charge is 0.326 e. The van der Waals surface area contributed by atoms with Gasteiger partial charge in [-0.3, -0.25) is 4.79 Å². The third-order valence-corrected chi connectivity index (χ3v) is 4.56.